The molecule has 0 spiro atoms. The van der Waals surface area contributed by atoms with E-state index >= 15 is 0 Å². The maximum absolute atomic E-state index is 11.8. The highest BCUT2D eigenvalue weighted by molar-refractivity contribution is 9.10. The topological polar surface area (TPSA) is 32.3 Å². The van der Waals surface area contributed by atoms with Gasteiger partial charge in [0, 0.05) is 17.6 Å². The van der Waals surface area contributed by atoms with Gasteiger partial charge in [-0.3, -0.25) is 4.79 Å². The van der Waals surface area contributed by atoms with Crippen LogP contribution in [0.25, 0.3) is 0 Å². The van der Waals surface area contributed by atoms with E-state index in [4.69, 9.17) is 0 Å². The summed E-state index contributed by atoms with van der Waals surface area (Å²) in [5, 5.41) is 3.09. The number of hydrogen-bond acceptors (Lipinski definition) is 2. The summed E-state index contributed by atoms with van der Waals surface area (Å²) >= 11 is 3.50. The number of carbonyl (C=O) groups is 1. The molecule has 3 nitrogen and oxygen atoms in total. The number of rotatable bonds is 2. The van der Waals surface area contributed by atoms with Crippen molar-refractivity contribution in [2.75, 3.05) is 19.6 Å². The smallest absolute Gasteiger partial charge is 0.237 e. The quantitative estimate of drug-likeness (QED) is 0.908. The van der Waals surface area contributed by atoms with Gasteiger partial charge >= 0.3 is 0 Å². The highest BCUT2D eigenvalue weighted by Gasteiger charge is 2.23. The lowest BCUT2D eigenvalue weighted by Crippen LogP contribution is -2.48. The number of aryl methyl sites for hydroxylation is 1. The Balaban J connectivity index is 2.20. The van der Waals surface area contributed by atoms with Gasteiger partial charge in [0.1, 0.15) is 0 Å². The Morgan fingerprint density at radius 2 is 2.24 bits per heavy atom. The molecule has 1 aliphatic heterocycles. The maximum atomic E-state index is 11.8. The number of nitrogens with zero attached hydrogens (tertiary/aromatic N) is 1. The molecule has 1 N–H and O–H groups in total. The zero-order valence-electron chi connectivity index (χ0n) is 10.2. The largest absolute Gasteiger partial charge is 0.334 e. The van der Waals surface area contributed by atoms with Gasteiger partial charge in [-0.25, -0.2) is 0 Å². The van der Waals surface area contributed by atoms with E-state index in [2.05, 4.69) is 47.2 Å². The van der Waals surface area contributed by atoms with E-state index in [1.807, 2.05) is 11.0 Å². The number of benzene rings is 1. The molecule has 0 saturated carbocycles. The molecule has 1 atom stereocenters. The first-order valence-corrected chi connectivity index (χ1v) is 6.65. The van der Waals surface area contributed by atoms with Crippen molar-refractivity contribution in [1.82, 2.24) is 10.2 Å². The Hall–Kier alpha value is -0.870. The fourth-order valence-corrected chi connectivity index (χ4v) is 2.39. The number of carbonyl (C=O) groups excluding carboxylic acids is 1. The summed E-state index contributed by atoms with van der Waals surface area (Å²) in [6, 6.07) is 6.42. The van der Waals surface area contributed by atoms with Crippen LogP contribution in [0.1, 0.15) is 24.1 Å². The van der Waals surface area contributed by atoms with Crippen LogP contribution in [-0.2, 0) is 4.79 Å². The second-order valence-corrected chi connectivity index (χ2v) is 5.30. The minimum atomic E-state index is 0.149. The number of nitrogens with one attached hydrogen (secondary N) is 1. The molecule has 1 fully saturated rings. The van der Waals surface area contributed by atoms with Crippen LogP contribution in [0.2, 0.25) is 0 Å². The van der Waals surface area contributed by atoms with Crippen molar-refractivity contribution < 1.29 is 4.79 Å². The number of piperazine rings is 1. The average Bonchev–Trinajstić information content (AvgIpc) is 2.32. The molecular formula is C13H17BrN2O. The van der Waals surface area contributed by atoms with Crippen molar-refractivity contribution >= 4 is 21.8 Å². The van der Waals surface area contributed by atoms with Gasteiger partial charge in [-0.15, -0.1) is 0 Å². The average molecular weight is 297 g/mol. The van der Waals surface area contributed by atoms with Gasteiger partial charge in [0.25, 0.3) is 0 Å². The van der Waals surface area contributed by atoms with Crippen LogP contribution < -0.4 is 5.32 Å². The highest BCUT2D eigenvalue weighted by atomic mass is 79.9. The van der Waals surface area contributed by atoms with E-state index in [0.717, 1.165) is 17.6 Å². The van der Waals surface area contributed by atoms with Crippen molar-refractivity contribution in [2.45, 2.75) is 19.9 Å². The highest BCUT2D eigenvalue weighted by Crippen LogP contribution is 2.25. The van der Waals surface area contributed by atoms with Gasteiger partial charge in [-0.1, -0.05) is 28.1 Å². The third-order valence-electron chi connectivity index (χ3n) is 3.26. The lowest BCUT2D eigenvalue weighted by Gasteiger charge is -2.33. The van der Waals surface area contributed by atoms with Gasteiger partial charge in [0.05, 0.1) is 12.6 Å². The molecule has 1 aromatic rings. The van der Waals surface area contributed by atoms with Crippen molar-refractivity contribution in [3.8, 4) is 0 Å². The van der Waals surface area contributed by atoms with E-state index < -0.39 is 0 Å². The number of hydrogen-bond donors (Lipinski definition) is 1. The second kappa shape index (κ2) is 5.19. The molecule has 0 aliphatic carbocycles. The van der Waals surface area contributed by atoms with Crippen LogP contribution in [0.3, 0.4) is 0 Å². The van der Waals surface area contributed by atoms with E-state index in [-0.39, 0.29) is 11.9 Å². The fourth-order valence-electron chi connectivity index (χ4n) is 2.14. The minimum absolute atomic E-state index is 0.149. The zero-order valence-corrected chi connectivity index (χ0v) is 11.8. The Morgan fingerprint density at radius 3 is 2.88 bits per heavy atom. The molecule has 4 heteroatoms. The molecular weight excluding hydrogens is 280 g/mol. The van der Waals surface area contributed by atoms with Gasteiger partial charge in [0.2, 0.25) is 5.91 Å². The summed E-state index contributed by atoms with van der Waals surface area (Å²) in [5.41, 5.74) is 2.40. The fraction of sp³-hybridized carbons (Fsp3) is 0.462. The van der Waals surface area contributed by atoms with E-state index in [1.54, 1.807) is 0 Å². The molecule has 1 heterocycles. The van der Waals surface area contributed by atoms with Crippen molar-refractivity contribution in [2.24, 2.45) is 0 Å². The molecule has 1 saturated heterocycles. The lowest BCUT2D eigenvalue weighted by molar-refractivity contribution is -0.134. The number of amides is 1. The Bertz CT molecular complexity index is 433. The lowest BCUT2D eigenvalue weighted by atomic mass is 10.0. The maximum Gasteiger partial charge on any atom is 0.237 e. The molecule has 2 rings (SSSR count). The van der Waals surface area contributed by atoms with Gasteiger partial charge in [0.15, 0.2) is 0 Å². The first kappa shape index (κ1) is 12.6. The predicted octanol–water partition coefficient (Wildman–Crippen LogP) is 2.25. The molecule has 0 radical (unpaired) electrons. The van der Waals surface area contributed by atoms with Crippen LogP contribution in [-0.4, -0.2) is 30.4 Å². The number of halogens is 1. The zero-order chi connectivity index (χ0) is 12.4. The summed E-state index contributed by atoms with van der Waals surface area (Å²) < 4.78 is 1.11. The molecule has 17 heavy (non-hydrogen) atoms. The molecule has 1 aliphatic rings. The Morgan fingerprint density at radius 1 is 1.47 bits per heavy atom. The van der Waals surface area contributed by atoms with Gasteiger partial charge < -0.3 is 10.2 Å². The van der Waals surface area contributed by atoms with Crippen molar-refractivity contribution in [1.29, 1.82) is 0 Å². The van der Waals surface area contributed by atoms with Crippen molar-refractivity contribution in [3.63, 3.8) is 0 Å². The van der Waals surface area contributed by atoms with E-state index in [9.17, 15) is 4.79 Å². The summed E-state index contributed by atoms with van der Waals surface area (Å²) in [7, 11) is 0. The second-order valence-electron chi connectivity index (χ2n) is 4.45. The first-order chi connectivity index (χ1) is 8.09. The van der Waals surface area contributed by atoms with Crippen LogP contribution in [0.5, 0.6) is 0 Å². The van der Waals surface area contributed by atoms with Crippen LogP contribution >= 0.6 is 15.9 Å². The summed E-state index contributed by atoms with van der Waals surface area (Å²) in [4.78, 5) is 13.8. The molecule has 1 amide bonds. The van der Waals surface area contributed by atoms with Crippen LogP contribution in [0.4, 0.5) is 0 Å². The summed E-state index contributed by atoms with van der Waals surface area (Å²) in [5.74, 6) is 0.185. The van der Waals surface area contributed by atoms with Crippen LogP contribution in [0.15, 0.2) is 22.7 Å². The molecule has 92 valence electrons. The monoisotopic (exact) mass is 296 g/mol. The Labute approximate surface area is 110 Å². The van der Waals surface area contributed by atoms with Gasteiger partial charge in [-0.2, -0.15) is 0 Å². The van der Waals surface area contributed by atoms with Crippen LogP contribution in [0, 0.1) is 6.92 Å². The molecule has 1 unspecified atom stereocenters. The van der Waals surface area contributed by atoms with E-state index in [1.165, 1.54) is 11.1 Å². The summed E-state index contributed by atoms with van der Waals surface area (Å²) in [6.45, 7) is 6.28. The van der Waals surface area contributed by atoms with Crippen molar-refractivity contribution in [3.05, 3.63) is 33.8 Å². The first-order valence-electron chi connectivity index (χ1n) is 5.86. The molecule has 0 bridgehead atoms. The SMILES string of the molecule is Cc1cc(C(C)N2CCNCC2=O)ccc1Br. The third-order valence-corrected chi connectivity index (χ3v) is 4.15. The van der Waals surface area contributed by atoms with E-state index in [0.29, 0.717) is 6.54 Å². The molecule has 0 aromatic heterocycles. The summed E-state index contributed by atoms with van der Waals surface area (Å²) in [6.07, 6.45) is 0. The van der Waals surface area contributed by atoms with Gasteiger partial charge in [-0.05, 0) is 31.0 Å². The standard InChI is InChI=1S/C13H17BrN2O/c1-9-7-11(3-4-12(9)14)10(2)16-6-5-15-8-13(16)17/h3-4,7,10,15H,5-6,8H2,1-2H3. The predicted molar refractivity (Wildman–Crippen MR) is 71.9 cm³/mol. The Kier molecular flexibility index (Phi) is 3.84. The molecule has 1 aromatic carbocycles. The third kappa shape index (κ3) is 2.69. The minimum Gasteiger partial charge on any atom is -0.334 e. The normalized spacial score (nSPS) is 18.3.